The van der Waals surface area contributed by atoms with Gasteiger partial charge in [-0.15, -0.1) is 0 Å². The van der Waals surface area contributed by atoms with Crippen molar-refractivity contribution < 1.29 is 43.8 Å². The van der Waals surface area contributed by atoms with Gasteiger partial charge in [0, 0.05) is 56.0 Å². The van der Waals surface area contributed by atoms with Gasteiger partial charge in [-0.3, -0.25) is 33.8 Å². The number of hydrogen-bond acceptors (Lipinski definition) is 12. The minimum atomic E-state index is -1.63. The number of H-pyrrole nitrogens is 2. The van der Waals surface area contributed by atoms with E-state index in [-0.39, 0.29) is 63.4 Å². The lowest BCUT2D eigenvalue weighted by Gasteiger charge is -2.29. The van der Waals surface area contributed by atoms with Crippen LogP contribution in [0, 0.1) is 5.92 Å². The Balaban J connectivity index is 1.54. The third-order valence-corrected chi connectivity index (χ3v) is 10.7. The lowest BCUT2D eigenvalue weighted by Crippen LogP contribution is -2.62. The van der Waals surface area contributed by atoms with Crippen molar-refractivity contribution in [3.63, 3.8) is 0 Å². The van der Waals surface area contributed by atoms with Crippen LogP contribution in [-0.2, 0) is 59.2 Å². The molecule has 0 aliphatic rings. The molecule has 4 aromatic rings. The molecule has 23 nitrogen and oxygen atoms in total. The number of amides is 6. The number of nitrogens with two attached hydrogens (primary N) is 3. The Morgan fingerprint density at radius 1 is 0.609 bits per heavy atom. The van der Waals surface area contributed by atoms with E-state index in [1.54, 1.807) is 74.5 Å². The summed E-state index contributed by atoms with van der Waals surface area (Å²) in [5, 5.41) is 36.5. The SMILES string of the molecule is CC(C)C[C@H](NC(=O)[C@@H](NC(=O)[C@H](Cc1ccccc1)NC(=O)[C@@H](N)Cc1cnc[nH]1)[C@@H](C)O)C(=O)N[C@@H](Cc1cnc[nH]1)C(=O)N[C@@H](Cc1ccccc1)C(=O)N[C@@H](CCCN=C(N)N)C(=O)O. The average Bonchev–Trinajstić information content (AvgIpc) is 4.03. The van der Waals surface area contributed by atoms with E-state index in [1.165, 1.54) is 32.0 Å². The van der Waals surface area contributed by atoms with Crippen molar-refractivity contribution in [3.8, 4) is 0 Å². The molecule has 8 atom stereocenters. The van der Waals surface area contributed by atoms with Gasteiger partial charge in [0.05, 0.1) is 24.8 Å². The van der Waals surface area contributed by atoms with Gasteiger partial charge in [0.2, 0.25) is 35.4 Å². The van der Waals surface area contributed by atoms with Gasteiger partial charge in [0.25, 0.3) is 0 Å². The van der Waals surface area contributed by atoms with E-state index < -0.39 is 89.8 Å². The Morgan fingerprint density at radius 2 is 1.06 bits per heavy atom. The first kappa shape index (κ1) is 54.0. The summed E-state index contributed by atoms with van der Waals surface area (Å²) in [4.78, 5) is 113. The van der Waals surface area contributed by atoms with E-state index in [0.717, 1.165) is 0 Å². The molecule has 0 radical (unpaired) electrons. The third kappa shape index (κ3) is 18.5. The van der Waals surface area contributed by atoms with Crippen molar-refractivity contribution in [1.29, 1.82) is 0 Å². The van der Waals surface area contributed by atoms with Crippen LogP contribution >= 0.6 is 0 Å². The van der Waals surface area contributed by atoms with Crippen molar-refractivity contribution in [2.45, 2.75) is 114 Å². The molecule has 2 heterocycles. The van der Waals surface area contributed by atoms with Crippen LogP contribution in [0.5, 0.6) is 0 Å². The predicted octanol–water partition coefficient (Wildman–Crippen LogP) is -1.80. The van der Waals surface area contributed by atoms with Crippen LogP contribution in [0.1, 0.15) is 62.5 Å². The fourth-order valence-corrected chi connectivity index (χ4v) is 7.15. The largest absolute Gasteiger partial charge is 0.480 e. The molecule has 2 aromatic heterocycles. The summed E-state index contributed by atoms with van der Waals surface area (Å²) in [6, 6.07) is 8.10. The Morgan fingerprint density at radius 3 is 1.52 bits per heavy atom. The van der Waals surface area contributed by atoms with Gasteiger partial charge >= 0.3 is 5.97 Å². The molecule has 0 aliphatic carbocycles. The number of carbonyl (C=O) groups is 7. The van der Waals surface area contributed by atoms with Crippen LogP contribution < -0.4 is 49.1 Å². The summed E-state index contributed by atoms with van der Waals surface area (Å²) < 4.78 is 0. The highest BCUT2D eigenvalue weighted by molar-refractivity contribution is 5.97. The van der Waals surface area contributed by atoms with Crippen LogP contribution in [0.25, 0.3) is 0 Å². The molecule has 6 amide bonds. The number of aliphatic hydroxyl groups excluding tert-OH is 1. The monoisotopic (exact) mass is 956 g/mol. The molecule has 16 N–H and O–H groups in total. The number of hydrogen-bond donors (Lipinski definition) is 13. The summed E-state index contributed by atoms with van der Waals surface area (Å²) >= 11 is 0. The summed E-state index contributed by atoms with van der Waals surface area (Å²) in [6.07, 6.45) is 4.35. The number of carboxylic acids is 1. The van der Waals surface area contributed by atoms with Crippen molar-refractivity contribution >= 4 is 47.4 Å². The number of nitrogens with zero attached hydrogens (tertiary/aromatic N) is 3. The average molecular weight is 957 g/mol. The fraction of sp³-hybridized carbons (Fsp3) is 0.435. The number of aliphatic carboxylic acids is 1. The quantitative estimate of drug-likeness (QED) is 0.0170. The second-order valence-corrected chi connectivity index (χ2v) is 17.0. The van der Waals surface area contributed by atoms with Crippen molar-refractivity contribution in [1.82, 2.24) is 51.8 Å². The topological polar surface area (TPSA) is 380 Å². The number of aromatic amines is 2. The van der Waals surface area contributed by atoms with E-state index in [1.807, 2.05) is 0 Å². The normalized spacial score (nSPS) is 14.6. The smallest absolute Gasteiger partial charge is 0.326 e. The molecule has 0 bridgehead atoms. The zero-order chi connectivity index (χ0) is 50.5. The molecule has 2 aromatic carbocycles. The molecule has 0 fully saturated rings. The summed E-state index contributed by atoms with van der Waals surface area (Å²) in [7, 11) is 0. The number of benzene rings is 2. The highest BCUT2D eigenvalue weighted by Crippen LogP contribution is 2.12. The number of carbonyl (C=O) groups excluding carboxylic acids is 6. The number of guanidine groups is 1. The number of aromatic nitrogens is 4. The van der Waals surface area contributed by atoms with Gasteiger partial charge in [-0.25, -0.2) is 14.8 Å². The van der Waals surface area contributed by atoms with Gasteiger partial charge in [0.15, 0.2) is 5.96 Å². The second-order valence-electron chi connectivity index (χ2n) is 17.0. The van der Waals surface area contributed by atoms with Crippen LogP contribution in [0.3, 0.4) is 0 Å². The summed E-state index contributed by atoms with van der Waals surface area (Å²) in [5.41, 5.74) is 19.3. The maximum atomic E-state index is 14.3. The molecule has 4 rings (SSSR count). The standard InChI is InChI=1S/C46H64N14O9/c1-26(2)17-34(59-44(67)38(27(3)61)60-43(66)36(19-29-13-8-5-9-14-29)56-39(62)32(47)20-30-22-50-24-53-30)40(63)58-37(21-31-23-51-25-54-31)42(65)57-35(18-28-11-6-4-7-12-28)41(64)55-33(45(68)69)15-10-16-52-46(48)49/h4-9,11-14,22-27,32-38,61H,10,15-21,47H2,1-3H3,(H,50,53)(H,51,54)(H,55,64)(H,56,62)(H,57,65)(H,58,63)(H,59,67)(H,60,66)(H,68,69)(H4,48,49,52)/t27-,32+,33+,34+,35+,36+,37+,38+/m1/s1. The molecule has 0 saturated carbocycles. The first-order chi connectivity index (χ1) is 32.9. The van der Waals surface area contributed by atoms with Gasteiger partial charge in [0.1, 0.15) is 36.3 Å². The van der Waals surface area contributed by atoms with Crippen LogP contribution in [0.2, 0.25) is 0 Å². The fourth-order valence-electron chi connectivity index (χ4n) is 7.15. The lowest BCUT2D eigenvalue weighted by molar-refractivity contribution is -0.142. The van der Waals surface area contributed by atoms with Crippen molar-refractivity contribution in [2.75, 3.05) is 6.54 Å². The zero-order valence-corrected chi connectivity index (χ0v) is 38.8. The Labute approximate surface area is 399 Å². The Hall–Kier alpha value is -7.66. The summed E-state index contributed by atoms with van der Waals surface area (Å²) in [6.45, 7) is 4.97. The molecular weight excluding hydrogens is 893 g/mol. The number of imidazole rings is 2. The number of carboxylic acid groups (broad SMARTS) is 1. The molecule has 23 heteroatoms. The van der Waals surface area contributed by atoms with Crippen LogP contribution in [0.15, 0.2) is 90.7 Å². The molecule has 0 unspecified atom stereocenters. The van der Waals surface area contributed by atoms with E-state index >= 15 is 0 Å². The minimum absolute atomic E-state index is 0.00376. The Bertz CT molecular complexity index is 2290. The molecule has 372 valence electrons. The van der Waals surface area contributed by atoms with Gasteiger partial charge < -0.3 is 69.3 Å². The third-order valence-electron chi connectivity index (χ3n) is 10.7. The maximum absolute atomic E-state index is 14.3. The van der Waals surface area contributed by atoms with E-state index in [2.05, 4.69) is 56.8 Å². The van der Waals surface area contributed by atoms with Gasteiger partial charge in [-0.2, -0.15) is 0 Å². The highest BCUT2D eigenvalue weighted by atomic mass is 16.4. The second kappa shape index (κ2) is 27.2. The zero-order valence-electron chi connectivity index (χ0n) is 38.8. The first-order valence-corrected chi connectivity index (χ1v) is 22.5. The molecule has 0 saturated heterocycles. The molecule has 69 heavy (non-hydrogen) atoms. The van der Waals surface area contributed by atoms with Crippen molar-refractivity contribution in [3.05, 3.63) is 108 Å². The highest BCUT2D eigenvalue weighted by Gasteiger charge is 2.36. The van der Waals surface area contributed by atoms with Gasteiger partial charge in [-0.1, -0.05) is 74.5 Å². The number of rotatable bonds is 28. The lowest BCUT2D eigenvalue weighted by atomic mass is 10.00. The van der Waals surface area contributed by atoms with E-state index in [9.17, 15) is 43.8 Å². The molecule has 0 aliphatic heterocycles. The van der Waals surface area contributed by atoms with E-state index in [0.29, 0.717) is 22.5 Å². The first-order valence-electron chi connectivity index (χ1n) is 22.5. The number of nitrogens with one attached hydrogen (secondary N) is 8. The van der Waals surface area contributed by atoms with Crippen molar-refractivity contribution in [2.24, 2.45) is 28.1 Å². The van der Waals surface area contributed by atoms with E-state index in [4.69, 9.17) is 17.2 Å². The summed E-state index contributed by atoms with van der Waals surface area (Å²) in [5.74, 6) is -6.58. The minimum Gasteiger partial charge on any atom is -0.480 e. The number of aliphatic hydroxyl groups is 1. The maximum Gasteiger partial charge on any atom is 0.326 e. The molecule has 0 spiro atoms. The van der Waals surface area contributed by atoms with Crippen LogP contribution in [0.4, 0.5) is 0 Å². The predicted molar refractivity (Wildman–Crippen MR) is 253 cm³/mol. The van der Waals surface area contributed by atoms with Crippen LogP contribution in [-0.4, -0.2) is 132 Å². The molecular formula is C46H64N14O9. The number of aliphatic imine (C=N–C) groups is 1. The Kier molecular flexibility index (Phi) is 21.3. The van der Waals surface area contributed by atoms with Gasteiger partial charge in [-0.05, 0) is 43.2 Å².